The fraction of sp³-hybridized carbons (Fsp3) is 0.908. The van der Waals surface area contributed by atoms with Crippen LogP contribution in [-0.2, 0) is 42.8 Å². The van der Waals surface area contributed by atoms with E-state index in [0.29, 0.717) is 12.8 Å². The number of rotatable bonds is 61. The highest BCUT2D eigenvalue weighted by Gasteiger charge is 2.60. The molecular formula is C76H140N2O21. The number of aliphatic carboxylic acids is 1. The number of aliphatic hydroxyl groups excluding tert-OH is 11. The maximum absolute atomic E-state index is 13.5. The van der Waals surface area contributed by atoms with E-state index in [-0.39, 0.29) is 12.3 Å². The van der Waals surface area contributed by atoms with E-state index in [1.807, 2.05) is 6.08 Å². The standard InChI is InChI=1S/C76H140N2O21/c1-4-6-8-10-12-14-16-18-20-21-22-23-24-25-26-27-28-29-30-31-32-33-34-36-38-40-42-44-46-48-50-63(86)78-57(58(83)49-47-45-43-41-39-37-35-19-17-15-13-11-9-7-5-2)55-94-73-68(90)67(89)70(62(54-81)96-73)97-74-69(91)72(66(88)61(53-80)95-74)99-76(75(92)93)51-59(84)64(77-56(3)82)71(98-76)65(87)60(85)52-79/h25-26,47,49,57-62,64-74,79-81,83-85,87-91H,4-24,27-46,48,50-55H2,1-3H3,(H,77,82)(H,78,86)(H,92,93)/b26-25-,49-47+. The molecule has 0 aliphatic carbocycles. The number of carbonyl (C=O) groups is 3. The van der Waals surface area contributed by atoms with Crippen molar-refractivity contribution in [2.24, 2.45) is 0 Å². The number of hydrogen-bond donors (Lipinski definition) is 14. The van der Waals surface area contributed by atoms with E-state index in [4.69, 9.17) is 28.4 Å². The van der Waals surface area contributed by atoms with Gasteiger partial charge in [-0.05, 0) is 44.9 Å². The minimum absolute atomic E-state index is 0.202. The second kappa shape index (κ2) is 55.7. The maximum Gasteiger partial charge on any atom is 0.364 e. The summed E-state index contributed by atoms with van der Waals surface area (Å²) in [5, 5.41) is 136. The summed E-state index contributed by atoms with van der Waals surface area (Å²) in [4.78, 5) is 38.6. The summed E-state index contributed by atoms with van der Waals surface area (Å²) < 4.78 is 34.9. The molecule has 0 bridgehead atoms. The predicted molar refractivity (Wildman–Crippen MR) is 380 cm³/mol. The van der Waals surface area contributed by atoms with Crippen LogP contribution in [0.25, 0.3) is 0 Å². The molecule has 0 aromatic carbocycles. The molecule has 0 saturated carbocycles. The summed E-state index contributed by atoms with van der Waals surface area (Å²) in [5.74, 6) is -6.14. The molecule has 18 unspecified atom stereocenters. The molecule has 0 aromatic rings. The van der Waals surface area contributed by atoms with Gasteiger partial charge in [0.1, 0.15) is 67.1 Å². The first-order chi connectivity index (χ1) is 47.9. The maximum atomic E-state index is 13.5. The number of amides is 2. The molecule has 3 aliphatic heterocycles. The van der Waals surface area contributed by atoms with Gasteiger partial charge in [-0.2, -0.15) is 0 Å². The smallest absolute Gasteiger partial charge is 0.364 e. The van der Waals surface area contributed by atoms with Gasteiger partial charge in [0.15, 0.2) is 12.6 Å². The third kappa shape index (κ3) is 36.7. The van der Waals surface area contributed by atoms with E-state index < -0.39 is 155 Å². The van der Waals surface area contributed by atoms with E-state index in [9.17, 15) is 75.7 Å². The van der Waals surface area contributed by atoms with Crippen molar-refractivity contribution in [3.8, 4) is 0 Å². The van der Waals surface area contributed by atoms with Gasteiger partial charge in [0.25, 0.3) is 5.79 Å². The Hall–Kier alpha value is -2.79. The molecule has 18 atom stereocenters. The van der Waals surface area contributed by atoms with Crippen molar-refractivity contribution in [2.45, 2.75) is 413 Å². The van der Waals surface area contributed by atoms with Gasteiger partial charge < -0.3 is 100 Å². The molecule has 3 heterocycles. The second-order valence-electron chi connectivity index (χ2n) is 28.6. The molecule has 3 aliphatic rings. The molecule has 14 N–H and O–H groups in total. The first-order valence-electron chi connectivity index (χ1n) is 39.2. The molecule has 23 nitrogen and oxygen atoms in total. The SMILES string of the molecule is CCCCCCCCCCCCCC/C=C\CCCCCCCCCCCCCCCCC(=O)NC(COC1OC(CO)C(OC2OC(CO)C(O)C(OC3(C(=O)O)CC(O)C(NC(C)=O)C(C(O)C(O)CO)O3)C2O)C(O)C1O)C(O)/C=C/CCCCCCCCCCCCCCC. The number of unbranched alkanes of at least 4 members (excludes halogenated alkanes) is 39. The van der Waals surface area contributed by atoms with Gasteiger partial charge in [-0.25, -0.2) is 4.79 Å². The van der Waals surface area contributed by atoms with Crippen LogP contribution in [0.2, 0.25) is 0 Å². The zero-order chi connectivity index (χ0) is 72.5. The Bertz CT molecular complexity index is 2080. The van der Waals surface area contributed by atoms with Crippen molar-refractivity contribution in [1.82, 2.24) is 10.6 Å². The number of carbonyl (C=O) groups excluding carboxylic acids is 2. The normalized spacial score (nSPS) is 27.2. The summed E-state index contributed by atoms with van der Waals surface area (Å²) in [5.41, 5.74) is 0. The van der Waals surface area contributed by atoms with Gasteiger partial charge in [0.05, 0.1) is 50.7 Å². The Morgan fingerprint density at radius 1 is 0.525 bits per heavy atom. The van der Waals surface area contributed by atoms with Gasteiger partial charge in [0.2, 0.25) is 11.8 Å². The highest BCUT2D eigenvalue weighted by atomic mass is 16.8. The summed E-state index contributed by atoms with van der Waals surface area (Å²) in [7, 11) is 0. The number of nitrogens with one attached hydrogen (secondary N) is 2. The molecule has 99 heavy (non-hydrogen) atoms. The molecule has 3 rings (SSSR count). The van der Waals surface area contributed by atoms with Crippen molar-refractivity contribution in [1.29, 1.82) is 0 Å². The average molecular weight is 1420 g/mol. The molecule has 580 valence electrons. The number of ether oxygens (including phenoxy) is 6. The van der Waals surface area contributed by atoms with Crippen LogP contribution in [0.15, 0.2) is 24.3 Å². The molecular weight excluding hydrogens is 1280 g/mol. The minimum atomic E-state index is -3.08. The lowest BCUT2D eigenvalue weighted by Gasteiger charge is -2.50. The fourth-order valence-electron chi connectivity index (χ4n) is 13.6. The Labute approximate surface area is 594 Å². The zero-order valence-corrected chi connectivity index (χ0v) is 61.1. The summed E-state index contributed by atoms with van der Waals surface area (Å²) in [6.07, 6.45) is 30.9. The lowest BCUT2D eigenvalue weighted by Crippen LogP contribution is -2.70. The first kappa shape index (κ1) is 90.4. The van der Waals surface area contributed by atoms with Crippen LogP contribution in [0.5, 0.6) is 0 Å². The van der Waals surface area contributed by atoms with Crippen LogP contribution in [0.4, 0.5) is 0 Å². The van der Waals surface area contributed by atoms with Crippen LogP contribution in [0.3, 0.4) is 0 Å². The van der Waals surface area contributed by atoms with E-state index >= 15 is 0 Å². The molecule has 2 amide bonds. The van der Waals surface area contributed by atoms with Gasteiger partial charge >= 0.3 is 5.97 Å². The monoisotopic (exact) mass is 1420 g/mol. The molecule has 0 spiro atoms. The second-order valence-corrected chi connectivity index (χ2v) is 28.6. The van der Waals surface area contributed by atoms with Gasteiger partial charge in [-0.15, -0.1) is 0 Å². The zero-order valence-electron chi connectivity index (χ0n) is 61.1. The number of hydrogen-bond acceptors (Lipinski definition) is 20. The number of carboxylic acids is 1. The quantitative estimate of drug-likeness (QED) is 0.0199. The Morgan fingerprint density at radius 3 is 1.37 bits per heavy atom. The third-order valence-corrected chi connectivity index (χ3v) is 19.9. The van der Waals surface area contributed by atoms with Gasteiger partial charge in [-0.1, -0.05) is 263 Å². The van der Waals surface area contributed by atoms with E-state index in [0.717, 1.165) is 51.9 Å². The summed E-state index contributed by atoms with van der Waals surface area (Å²) >= 11 is 0. The van der Waals surface area contributed by atoms with Crippen molar-refractivity contribution < 1.29 is 104 Å². The lowest BCUT2D eigenvalue weighted by atomic mass is 9.88. The third-order valence-electron chi connectivity index (χ3n) is 19.9. The topological polar surface area (TPSA) is 373 Å². The Balaban J connectivity index is 1.49. The number of allylic oxidation sites excluding steroid dienone is 3. The van der Waals surface area contributed by atoms with Crippen LogP contribution in [0, 0.1) is 0 Å². The van der Waals surface area contributed by atoms with Crippen LogP contribution >= 0.6 is 0 Å². The van der Waals surface area contributed by atoms with Crippen molar-refractivity contribution in [3.05, 3.63) is 24.3 Å². The highest BCUT2D eigenvalue weighted by molar-refractivity contribution is 5.77. The van der Waals surface area contributed by atoms with Crippen molar-refractivity contribution in [2.75, 3.05) is 26.4 Å². The van der Waals surface area contributed by atoms with Gasteiger partial charge in [-0.3, -0.25) is 9.59 Å². The lowest BCUT2D eigenvalue weighted by molar-refractivity contribution is -0.386. The Morgan fingerprint density at radius 2 is 0.949 bits per heavy atom. The van der Waals surface area contributed by atoms with Gasteiger partial charge in [0, 0.05) is 19.8 Å². The van der Waals surface area contributed by atoms with Crippen LogP contribution in [0.1, 0.15) is 303 Å². The largest absolute Gasteiger partial charge is 0.477 e. The average Bonchev–Trinajstić information content (AvgIpc) is 0.750. The van der Waals surface area contributed by atoms with E-state index in [1.165, 1.54) is 212 Å². The molecule has 0 aromatic heterocycles. The fourth-order valence-corrected chi connectivity index (χ4v) is 13.6. The highest BCUT2D eigenvalue weighted by Crippen LogP contribution is 2.39. The van der Waals surface area contributed by atoms with E-state index in [2.05, 4.69) is 36.6 Å². The number of aliphatic hydroxyl groups is 11. The molecule has 23 heteroatoms. The Kier molecular flexibility index (Phi) is 50.8. The molecule has 3 fully saturated rings. The van der Waals surface area contributed by atoms with Crippen molar-refractivity contribution >= 4 is 17.8 Å². The van der Waals surface area contributed by atoms with Crippen LogP contribution in [-0.4, -0.2) is 215 Å². The molecule has 0 radical (unpaired) electrons. The van der Waals surface area contributed by atoms with E-state index in [1.54, 1.807) is 6.08 Å². The summed E-state index contributed by atoms with van der Waals surface area (Å²) in [6, 6.07) is -2.62. The minimum Gasteiger partial charge on any atom is -0.477 e. The first-order valence-corrected chi connectivity index (χ1v) is 39.2. The predicted octanol–water partition coefficient (Wildman–Crippen LogP) is 9.57. The summed E-state index contributed by atoms with van der Waals surface area (Å²) in [6.45, 7) is 2.17. The van der Waals surface area contributed by atoms with Crippen molar-refractivity contribution in [3.63, 3.8) is 0 Å². The molecule has 3 saturated heterocycles. The van der Waals surface area contributed by atoms with Crippen LogP contribution < -0.4 is 10.6 Å². The number of carboxylic acid groups (broad SMARTS) is 1.